The molecule has 0 amide bonds. The van der Waals surface area contributed by atoms with Crippen LogP contribution in [-0.4, -0.2) is 29.9 Å². The predicted molar refractivity (Wildman–Crippen MR) is 94.1 cm³/mol. The maximum atomic E-state index is 13.5. The maximum absolute atomic E-state index is 13.5. The van der Waals surface area contributed by atoms with Gasteiger partial charge in [-0.05, 0) is 35.4 Å². The largest absolute Gasteiger partial charge is 0.417 e. The van der Waals surface area contributed by atoms with Crippen molar-refractivity contribution in [3.8, 4) is 11.1 Å². The Morgan fingerprint density at radius 2 is 1.78 bits per heavy atom. The molecule has 4 N–H and O–H groups in total. The van der Waals surface area contributed by atoms with Crippen LogP contribution >= 0.6 is 0 Å². The lowest BCUT2D eigenvalue weighted by atomic mass is 9.98. The smallest absolute Gasteiger partial charge is 0.368 e. The van der Waals surface area contributed by atoms with Gasteiger partial charge in [-0.1, -0.05) is 18.2 Å². The van der Waals surface area contributed by atoms with E-state index in [1.54, 1.807) is 0 Å². The van der Waals surface area contributed by atoms with Gasteiger partial charge in [0, 0.05) is 11.9 Å². The first kappa shape index (κ1) is 18.7. The zero-order chi connectivity index (χ0) is 19.8. The molecular formula is C16H14F3N5O2S. The molecule has 11 heteroatoms. The Balaban J connectivity index is 2.02. The lowest BCUT2D eigenvalue weighted by molar-refractivity contribution is -0.137. The van der Waals surface area contributed by atoms with Crippen molar-refractivity contribution < 1.29 is 21.6 Å². The van der Waals surface area contributed by atoms with Crippen molar-refractivity contribution in [1.82, 2.24) is 15.2 Å². The number of aromatic amines is 1. The fourth-order valence-corrected chi connectivity index (χ4v) is 3.08. The number of anilines is 3. The Kier molecular flexibility index (Phi) is 4.56. The van der Waals surface area contributed by atoms with E-state index in [0.717, 1.165) is 12.3 Å². The highest BCUT2D eigenvalue weighted by atomic mass is 32.2. The third-order valence-electron chi connectivity index (χ3n) is 3.68. The van der Waals surface area contributed by atoms with Crippen molar-refractivity contribution in [2.75, 3.05) is 17.3 Å². The Morgan fingerprint density at radius 3 is 2.30 bits per heavy atom. The molecule has 0 unspecified atom stereocenters. The third-order valence-corrected chi connectivity index (χ3v) is 4.81. The molecule has 2 aromatic carbocycles. The Morgan fingerprint density at radius 1 is 1.11 bits per heavy atom. The number of nitrogens with two attached hydrogens (primary N) is 1. The molecule has 0 bridgehead atoms. The molecule has 0 aliphatic heterocycles. The van der Waals surface area contributed by atoms with Crippen molar-refractivity contribution in [3.63, 3.8) is 0 Å². The number of aromatic nitrogens is 3. The number of benzene rings is 2. The van der Waals surface area contributed by atoms with Crippen LogP contribution in [0, 0.1) is 0 Å². The number of hydrogen-bond donors (Lipinski definition) is 3. The molecular weight excluding hydrogens is 383 g/mol. The van der Waals surface area contributed by atoms with Gasteiger partial charge in [0.2, 0.25) is 11.9 Å². The average Bonchev–Trinajstić information content (AvgIpc) is 2.98. The van der Waals surface area contributed by atoms with Gasteiger partial charge in [-0.15, -0.1) is 5.10 Å². The summed E-state index contributed by atoms with van der Waals surface area (Å²) in [6.07, 6.45) is -3.60. The van der Waals surface area contributed by atoms with E-state index in [1.165, 1.54) is 36.4 Å². The normalized spacial score (nSPS) is 12.1. The summed E-state index contributed by atoms with van der Waals surface area (Å²) in [7, 11) is -3.44. The van der Waals surface area contributed by atoms with Crippen molar-refractivity contribution in [3.05, 3.63) is 48.0 Å². The van der Waals surface area contributed by atoms with Crippen LogP contribution in [0.2, 0.25) is 0 Å². The summed E-state index contributed by atoms with van der Waals surface area (Å²) in [5, 5.41) is 8.71. The number of nitrogens with zero attached hydrogens (tertiary/aromatic N) is 2. The number of nitrogen functional groups attached to an aromatic ring is 1. The van der Waals surface area contributed by atoms with Crippen LogP contribution < -0.4 is 11.1 Å². The first-order valence-electron chi connectivity index (χ1n) is 7.51. The van der Waals surface area contributed by atoms with E-state index >= 15 is 0 Å². The van der Waals surface area contributed by atoms with Gasteiger partial charge in [0.25, 0.3) is 0 Å². The summed E-state index contributed by atoms with van der Waals surface area (Å²) in [5.41, 5.74) is 4.78. The summed E-state index contributed by atoms with van der Waals surface area (Å²) in [6, 6.07) is 8.86. The number of hydrogen-bond acceptors (Lipinski definition) is 6. The molecule has 0 atom stereocenters. The summed E-state index contributed by atoms with van der Waals surface area (Å²) in [5.74, 6) is 0.0574. The van der Waals surface area contributed by atoms with Crippen molar-refractivity contribution in [2.24, 2.45) is 0 Å². The standard InChI is InChI=1S/C16H14F3N5O2S/c1-27(25,26)11-5-2-9(3-6-11)12-7-4-10(8-13(12)16(17,18)19)21-15-22-14(20)23-24-15/h2-8H,1H3,(H4,20,21,22,23,24). The molecule has 0 aliphatic rings. The number of rotatable bonds is 4. The topological polar surface area (TPSA) is 114 Å². The Labute approximate surface area is 152 Å². The highest BCUT2D eigenvalue weighted by molar-refractivity contribution is 7.90. The molecule has 142 valence electrons. The predicted octanol–water partition coefficient (Wildman–Crippen LogP) is 3.22. The molecule has 3 rings (SSSR count). The highest BCUT2D eigenvalue weighted by Crippen LogP contribution is 2.39. The van der Waals surface area contributed by atoms with E-state index in [2.05, 4.69) is 20.5 Å². The fraction of sp³-hybridized carbons (Fsp3) is 0.125. The third kappa shape index (κ3) is 4.19. The zero-order valence-corrected chi connectivity index (χ0v) is 14.7. The van der Waals surface area contributed by atoms with Crippen LogP contribution in [0.1, 0.15) is 5.56 Å². The molecule has 0 radical (unpaired) electrons. The summed E-state index contributed by atoms with van der Waals surface area (Å²) >= 11 is 0. The van der Waals surface area contributed by atoms with Gasteiger partial charge in [-0.2, -0.15) is 18.2 Å². The molecule has 27 heavy (non-hydrogen) atoms. The monoisotopic (exact) mass is 397 g/mol. The molecule has 3 aromatic rings. The molecule has 7 nitrogen and oxygen atoms in total. The fourth-order valence-electron chi connectivity index (χ4n) is 2.45. The van der Waals surface area contributed by atoms with Crippen LogP contribution in [-0.2, 0) is 16.0 Å². The molecule has 0 saturated carbocycles. The van der Waals surface area contributed by atoms with E-state index in [9.17, 15) is 21.6 Å². The van der Waals surface area contributed by atoms with Crippen LogP contribution in [0.4, 0.5) is 30.8 Å². The van der Waals surface area contributed by atoms with Gasteiger partial charge >= 0.3 is 6.18 Å². The second-order valence-corrected chi connectivity index (χ2v) is 7.74. The van der Waals surface area contributed by atoms with Gasteiger partial charge in [0.05, 0.1) is 10.5 Å². The minimum atomic E-state index is -4.62. The Bertz CT molecular complexity index is 1080. The average molecular weight is 397 g/mol. The van der Waals surface area contributed by atoms with Gasteiger partial charge in [0.15, 0.2) is 9.84 Å². The van der Waals surface area contributed by atoms with Crippen LogP contribution in [0.5, 0.6) is 0 Å². The number of alkyl halides is 3. The lowest BCUT2D eigenvalue weighted by Crippen LogP contribution is -2.08. The van der Waals surface area contributed by atoms with Crippen LogP contribution in [0.25, 0.3) is 11.1 Å². The highest BCUT2D eigenvalue weighted by Gasteiger charge is 2.34. The second-order valence-electron chi connectivity index (χ2n) is 5.72. The van der Waals surface area contributed by atoms with E-state index in [0.29, 0.717) is 0 Å². The van der Waals surface area contributed by atoms with Crippen molar-refractivity contribution in [1.29, 1.82) is 0 Å². The first-order valence-corrected chi connectivity index (χ1v) is 9.40. The number of halogens is 3. The molecule has 0 aliphatic carbocycles. The number of nitrogens with one attached hydrogen (secondary N) is 2. The molecule has 1 aromatic heterocycles. The van der Waals surface area contributed by atoms with E-state index in [1.807, 2.05) is 0 Å². The minimum absolute atomic E-state index is 0.0242. The first-order chi connectivity index (χ1) is 12.5. The molecule has 0 saturated heterocycles. The van der Waals surface area contributed by atoms with Gasteiger partial charge in [-0.3, -0.25) is 0 Å². The van der Waals surface area contributed by atoms with E-state index < -0.39 is 21.6 Å². The van der Waals surface area contributed by atoms with Gasteiger partial charge in [-0.25, -0.2) is 13.5 Å². The molecule has 0 spiro atoms. The van der Waals surface area contributed by atoms with Gasteiger partial charge < -0.3 is 11.1 Å². The lowest BCUT2D eigenvalue weighted by Gasteiger charge is -2.15. The summed E-state index contributed by atoms with van der Waals surface area (Å²) in [6.45, 7) is 0. The second kappa shape index (κ2) is 6.58. The maximum Gasteiger partial charge on any atom is 0.417 e. The van der Waals surface area contributed by atoms with Crippen LogP contribution in [0.3, 0.4) is 0 Å². The van der Waals surface area contributed by atoms with Crippen molar-refractivity contribution in [2.45, 2.75) is 11.1 Å². The number of sulfone groups is 1. The SMILES string of the molecule is CS(=O)(=O)c1ccc(-c2ccc(Nc3n[nH]c(N)n3)cc2C(F)(F)F)cc1. The quantitative estimate of drug-likeness (QED) is 0.623. The molecule has 0 fully saturated rings. The van der Waals surface area contributed by atoms with Crippen LogP contribution in [0.15, 0.2) is 47.4 Å². The van der Waals surface area contributed by atoms with Gasteiger partial charge in [0.1, 0.15) is 0 Å². The van der Waals surface area contributed by atoms with Crippen molar-refractivity contribution >= 4 is 27.4 Å². The molecule has 1 heterocycles. The summed E-state index contributed by atoms with van der Waals surface area (Å²) < 4.78 is 63.7. The number of H-pyrrole nitrogens is 1. The van der Waals surface area contributed by atoms with E-state index in [-0.39, 0.29) is 33.6 Å². The summed E-state index contributed by atoms with van der Waals surface area (Å²) in [4.78, 5) is 3.80. The Hall–Kier alpha value is -3.08. The zero-order valence-electron chi connectivity index (χ0n) is 13.9. The minimum Gasteiger partial charge on any atom is -0.368 e. The van der Waals surface area contributed by atoms with E-state index in [4.69, 9.17) is 5.73 Å².